The van der Waals surface area contributed by atoms with Crippen molar-refractivity contribution in [1.29, 1.82) is 0 Å². The second-order valence-electron chi connectivity index (χ2n) is 6.33. The standard InChI is InChI=1S/C23H19N3O3/c1-28-16-7-8-22(29-2)19(13-16)21-14-18(17-5-3-4-6-20(17)26-21)23(27)25-15-9-11-24-12-10-15/h3-14H,1-2H3,(H,24,25,27). The van der Waals surface area contributed by atoms with Crippen molar-refractivity contribution >= 4 is 22.5 Å². The molecule has 6 heteroatoms. The topological polar surface area (TPSA) is 73.3 Å². The highest BCUT2D eigenvalue weighted by Gasteiger charge is 2.17. The number of rotatable bonds is 5. The van der Waals surface area contributed by atoms with Crippen LogP contribution in [-0.4, -0.2) is 30.1 Å². The van der Waals surface area contributed by atoms with Crippen LogP contribution in [0.15, 0.2) is 73.1 Å². The molecule has 0 aliphatic carbocycles. The number of aromatic nitrogens is 2. The maximum Gasteiger partial charge on any atom is 0.256 e. The number of amides is 1. The third kappa shape index (κ3) is 3.73. The molecule has 0 radical (unpaired) electrons. The van der Waals surface area contributed by atoms with E-state index in [0.29, 0.717) is 28.4 Å². The zero-order chi connectivity index (χ0) is 20.2. The lowest BCUT2D eigenvalue weighted by Gasteiger charge is -2.13. The smallest absolute Gasteiger partial charge is 0.256 e. The van der Waals surface area contributed by atoms with Crippen LogP contribution in [0.3, 0.4) is 0 Å². The number of nitrogens with zero attached hydrogens (tertiary/aromatic N) is 2. The van der Waals surface area contributed by atoms with Crippen LogP contribution in [0.2, 0.25) is 0 Å². The summed E-state index contributed by atoms with van der Waals surface area (Å²) in [6, 6.07) is 18.3. The van der Waals surface area contributed by atoms with E-state index in [9.17, 15) is 4.79 Å². The number of carbonyl (C=O) groups is 1. The average Bonchev–Trinajstić information content (AvgIpc) is 2.78. The number of hydrogen-bond donors (Lipinski definition) is 1. The number of carbonyl (C=O) groups excluding carboxylic acids is 1. The Kier molecular flexibility index (Phi) is 5.07. The Morgan fingerprint density at radius 3 is 2.48 bits per heavy atom. The van der Waals surface area contributed by atoms with Crippen molar-refractivity contribution in [3.63, 3.8) is 0 Å². The number of hydrogen-bond acceptors (Lipinski definition) is 5. The molecule has 0 aliphatic rings. The van der Waals surface area contributed by atoms with Crippen LogP contribution >= 0.6 is 0 Å². The lowest BCUT2D eigenvalue weighted by atomic mass is 10.0. The predicted octanol–water partition coefficient (Wildman–Crippen LogP) is 4.57. The highest BCUT2D eigenvalue weighted by molar-refractivity contribution is 6.13. The third-order valence-corrected chi connectivity index (χ3v) is 4.58. The van der Waals surface area contributed by atoms with Crippen molar-refractivity contribution in [2.75, 3.05) is 19.5 Å². The highest BCUT2D eigenvalue weighted by atomic mass is 16.5. The molecular formula is C23H19N3O3. The van der Waals surface area contributed by atoms with Crippen molar-refractivity contribution in [2.45, 2.75) is 0 Å². The van der Waals surface area contributed by atoms with Crippen molar-refractivity contribution in [1.82, 2.24) is 9.97 Å². The molecule has 0 saturated carbocycles. The summed E-state index contributed by atoms with van der Waals surface area (Å²) in [5, 5.41) is 3.69. The molecule has 144 valence electrons. The molecule has 2 aromatic carbocycles. The van der Waals surface area contributed by atoms with E-state index in [-0.39, 0.29) is 5.91 Å². The average molecular weight is 385 g/mol. The van der Waals surface area contributed by atoms with Crippen LogP contribution in [0.4, 0.5) is 5.69 Å². The first-order valence-corrected chi connectivity index (χ1v) is 9.03. The van der Waals surface area contributed by atoms with E-state index < -0.39 is 0 Å². The summed E-state index contributed by atoms with van der Waals surface area (Å²) >= 11 is 0. The molecule has 4 aromatic rings. The lowest BCUT2D eigenvalue weighted by Crippen LogP contribution is -2.13. The zero-order valence-electron chi connectivity index (χ0n) is 16.0. The van der Waals surface area contributed by atoms with Crippen LogP contribution < -0.4 is 14.8 Å². The van der Waals surface area contributed by atoms with Gasteiger partial charge >= 0.3 is 0 Å². The summed E-state index contributed by atoms with van der Waals surface area (Å²) < 4.78 is 10.9. The number of para-hydroxylation sites is 1. The Hall–Kier alpha value is -3.93. The third-order valence-electron chi connectivity index (χ3n) is 4.58. The van der Waals surface area contributed by atoms with Gasteiger partial charge in [-0.15, -0.1) is 0 Å². The summed E-state index contributed by atoms with van der Waals surface area (Å²) in [4.78, 5) is 21.8. The number of nitrogens with one attached hydrogen (secondary N) is 1. The minimum atomic E-state index is -0.224. The molecule has 0 fully saturated rings. The van der Waals surface area contributed by atoms with Crippen molar-refractivity contribution in [2.24, 2.45) is 0 Å². The van der Waals surface area contributed by atoms with Crippen LogP contribution in [0.25, 0.3) is 22.2 Å². The fourth-order valence-electron chi connectivity index (χ4n) is 3.15. The number of ether oxygens (including phenoxy) is 2. The second-order valence-corrected chi connectivity index (χ2v) is 6.33. The van der Waals surface area contributed by atoms with Crippen LogP contribution in [0.5, 0.6) is 11.5 Å². The fraction of sp³-hybridized carbons (Fsp3) is 0.0870. The molecule has 6 nitrogen and oxygen atoms in total. The molecule has 2 heterocycles. The maximum atomic E-state index is 13.1. The molecule has 0 unspecified atom stereocenters. The molecule has 1 amide bonds. The van der Waals surface area contributed by atoms with E-state index >= 15 is 0 Å². The molecule has 0 saturated heterocycles. The summed E-state index contributed by atoms with van der Waals surface area (Å²) in [5.74, 6) is 1.10. The molecule has 0 spiro atoms. The van der Waals surface area contributed by atoms with E-state index in [2.05, 4.69) is 10.3 Å². The Balaban J connectivity index is 1.87. The van der Waals surface area contributed by atoms with Gasteiger partial charge in [0.25, 0.3) is 5.91 Å². The Morgan fingerprint density at radius 1 is 0.931 bits per heavy atom. The summed E-state index contributed by atoms with van der Waals surface area (Å²) in [5.41, 5.74) is 3.28. The number of methoxy groups -OCH3 is 2. The van der Waals surface area contributed by atoms with Crippen LogP contribution in [0, 0.1) is 0 Å². The van der Waals surface area contributed by atoms with Crippen molar-refractivity contribution in [3.8, 4) is 22.8 Å². The van der Waals surface area contributed by atoms with Crippen LogP contribution in [-0.2, 0) is 0 Å². The molecule has 0 bridgehead atoms. The quantitative estimate of drug-likeness (QED) is 0.545. The van der Waals surface area contributed by atoms with Crippen LogP contribution in [0.1, 0.15) is 10.4 Å². The maximum absolute atomic E-state index is 13.1. The normalized spacial score (nSPS) is 10.6. The Labute approximate surface area is 168 Å². The van der Waals surface area contributed by atoms with Gasteiger partial charge in [0, 0.05) is 29.0 Å². The van der Waals surface area contributed by atoms with E-state index in [1.807, 2.05) is 42.5 Å². The van der Waals surface area contributed by atoms with E-state index in [0.717, 1.165) is 16.5 Å². The summed E-state index contributed by atoms with van der Waals surface area (Å²) in [6.07, 6.45) is 3.26. The first-order valence-electron chi connectivity index (χ1n) is 9.03. The van der Waals surface area contributed by atoms with Gasteiger partial charge in [-0.3, -0.25) is 9.78 Å². The van der Waals surface area contributed by atoms with Gasteiger partial charge in [0.15, 0.2) is 0 Å². The van der Waals surface area contributed by atoms with Gasteiger partial charge in [-0.25, -0.2) is 4.98 Å². The largest absolute Gasteiger partial charge is 0.497 e. The minimum absolute atomic E-state index is 0.224. The van der Waals surface area contributed by atoms with E-state index in [4.69, 9.17) is 14.5 Å². The van der Waals surface area contributed by atoms with E-state index in [1.165, 1.54) is 0 Å². The fourth-order valence-corrected chi connectivity index (χ4v) is 3.15. The monoisotopic (exact) mass is 385 g/mol. The number of pyridine rings is 2. The van der Waals surface area contributed by atoms with Gasteiger partial charge in [0.1, 0.15) is 11.5 Å². The zero-order valence-corrected chi connectivity index (χ0v) is 16.0. The molecule has 4 rings (SSSR count). The summed E-state index contributed by atoms with van der Waals surface area (Å²) in [6.45, 7) is 0. The van der Waals surface area contributed by atoms with Gasteiger partial charge in [-0.05, 0) is 42.5 Å². The highest BCUT2D eigenvalue weighted by Crippen LogP contribution is 2.34. The first-order chi connectivity index (χ1) is 14.2. The lowest BCUT2D eigenvalue weighted by molar-refractivity contribution is 0.102. The van der Waals surface area contributed by atoms with Gasteiger partial charge < -0.3 is 14.8 Å². The SMILES string of the molecule is COc1ccc(OC)c(-c2cc(C(=O)Nc3ccncc3)c3ccccc3n2)c1. The molecule has 0 atom stereocenters. The van der Waals surface area contributed by atoms with Gasteiger partial charge in [-0.2, -0.15) is 0 Å². The predicted molar refractivity (Wildman–Crippen MR) is 112 cm³/mol. The molecule has 29 heavy (non-hydrogen) atoms. The van der Waals surface area contributed by atoms with Gasteiger partial charge in [-0.1, -0.05) is 18.2 Å². The number of benzene rings is 2. The van der Waals surface area contributed by atoms with E-state index in [1.54, 1.807) is 44.8 Å². The van der Waals surface area contributed by atoms with Crippen molar-refractivity contribution < 1.29 is 14.3 Å². The minimum Gasteiger partial charge on any atom is -0.497 e. The Morgan fingerprint density at radius 2 is 1.72 bits per heavy atom. The Bertz CT molecular complexity index is 1180. The summed E-state index contributed by atoms with van der Waals surface area (Å²) in [7, 11) is 3.20. The van der Waals surface area contributed by atoms with Gasteiger partial charge in [0.05, 0.1) is 31.0 Å². The molecule has 0 aliphatic heterocycles. The van der Waals surface area contributed by atoms with Gasteiger partial charge in [0.2, 0.25) is 0 Å². The molecular weight excluding hydrogens is 366 g/mol. The first kappa shape index (κ1) is 18.4. The molecule has 2 aromatic heterocycles. The molecule has 1 N–H and O–H groups in total. The number of anilines is 1. The van der Waals surface area contributed by atoms with Crippen molar-refractivity contribution in [3.05, 3.63) is 78.6 Å². The number of fused-ring (bicyclic) bond motifs is 1. The second kappa shape index (κ2) is 7.98.